The second-order valence-corrected chi connectivity index (χ2v) is 5.77. The summed E-state index contributed by atoms with van der Waals surface area (Å²) in [6.07, 6.45) is 1.21. The van der Waals surface area contributed by atoms with Crippen LogP contribution in [0.5, 0.6) is 5.75 Å². The molecule has 0 fully saturated rings. The first-order valence-electron chi connectivity index (χ1n) is 6.89. The average molecular weight is 305 g/mol. The third kappa shape index (κ3) is 4.79. The lowest BCUT2D eigenvalue weighted by atomic mass is 10.3. The number of ether oxygens (including phenoxy) is 2. The van der Waals surface area contributed by atoms with Crippen molar-refractivity contribution in [3.05, 3.63) is 46.2 Å². The van der Waals surface area contributed by atoms with Gasteiger partial charge in [0.2, 0.25) is 0 Å². The monoisotopic (exact) mass is 305 g/mol. The van der Waals surface area contributed by atoms with Gasteiger partial charge in [0.25, 0.3) is 0 Å². The molecule has 21 heavy (non-hydrogen) atoms. The Hall–Kier alpha value is -2.01. The van der Waals surface area contributed by atoms with Crippen LogP contribution in [0.4, 0.5) is 5.69 Å². The van der Waals surface area contributed by atoms with Crippen molar-refractivity contribution in [1.82, 2.24) is 0 Å². The number of nitrogen functional groups attached to an aromatic ring is 1. The van der Waals surface area contributed by atoms with E-state index in [9.17, 15) is 4.79 Å². The van der Waals surface area contributed by atoms with Crippen molar-refractivity contribution in [2.45, 2.75) is 26.4 Å². The van der Waals surface area contributed by atoms with Gasteiger partial charge in [0, 0.05) is 9.75 Å². The van der Waals surface area contributed by atoms with E-state index in [1.165, 1.54) is 4.88 Å². The maximum absolute atomic E-state index is 11.6. The predicted molar refractivity (Wildman–Crippen MR) is 84.5 cm³/mol. The lowest BCUT2D eigenvalue weighted by Crippen LogP contribution is -2.10. The first kappa shape index (κ1) is 15.4. The van der Waals surface area contributed by atoms with Crippen LogP contribution in [0.25, 0.3) is 0 Å². The van der Waals surface area contributed by atoms with Gasteiger partial charge in [-0.05, 0) is 30.7 Å². The molecule has 2 N–H and O–H groups in total. The van der Waals surface area contributed by atoms with E-state index in [0.29, 0.717) is 18.0 Å². The normalized spacial score (nSPS) is 10.3. The number of carbonyl (C=O) groups is 1. The Labute approximate surface area is 128 Å². The molecule has 0 amide bonds. The predicted octanol–water partition coefficient (Wildman–Crippen LogP) is 3.41. The number of carbonyl (C=O) groups excluding carboxylic acids is 1. The van der Waals surface area contributed by atoms with Crippen molar-refractivity contribution in [3.63, 3.8) is 0 Å². The molecular weight excluding hydrogens is 286 g/mol. The average Bonchev–Trinajstić information content (AvgIpc) is 2.95. The molecule has 5 heteroatoms. The number of rotatable bonds is 7. The smallest absolute Gasteiger partial charge is 0.309 e. The standard InChI is InChI=1S/C16H19NO3S/c1-2-12-7-8-13(21-12)11-20-16(18)9-10-19-15-6-4-3-5-14(15)17/h3-8H,2,9-11,17H2,1H3. The Morgan fingerprint density at radius 3 is 2.67 bits per heavy atom. The summed E-state index contributed by atoms with van der Waals surface area (Å²) in [5, 5.41) is 0. The van der Waals surface area contributed by atoms with Crippen molar-refractivity contribution in [3.8, 4) is 5.75 Å². The van der Waals surface area contributed by atoms with Crippen LogP contribution in [0.3, 0.4) is 0 Å². The van der Waals surface area contributed by atoms with E-state index in [1.807, 2.05) is 18.2 Å². The van der Waals surface area contributed by atoms with E-state index in [2.05, 4.69) is 13.0 Å². The number of benzene rings is 1. The highest BCUT2D eigenvalue weighted by molar-refractivity contribution is 7.11. The molecule has 0 aliphatic rings. The summed E-state index contributed by atoms with van der Waals surface area (Å²) in [5.41, 5.74) is 6.31. The van der Waals surface area contributed by atoms with Crippen LogP contribution in [0.15, 0.2) is 36.4 Å². The molecule has 112 valence electrons. The number of aryl methyl sites for hydroxylation is 1. The van der Waals surface area contributed by atoms with Crippen LogP contribution >= 0.6 is 11.3 Å². The quantitative estimate of drug-likeness (QED) is 0.629. The number of para-hydroxylation sites is 2. The summed E-state index contributed by atoms with van der Waals surface area (Å²) in [5.74, 6) is 0.326. The first-order valence-corrected chi connectivity index (χ1v) is 7.71. The number of hydrogen-bond donors (Lipinski definition) is 1. The van der Waals surface area contributed by atoms with E-state index < -0.39 is 0 Å². The van der Waals surface area contributed by atoms with Gasteiger partial charge in [-0.1, -0.05) is 19.1 Å². The Kier molecular flexibility index (Phi) is 5.63. The summed E-state index contributed by atoms with van der Waals surface area (Å²) >= 11 is 1.67. The summed E-state index contributed by atoms with van der Waals surface area (Å²) in [6.45, 7) is 2.70. The van der Waals surface area contributed by atoms with E-state index in [0.717, 1.165) is 11.3 Å². The van der Waals surface area contributed by atoms with E-state index in [4.69, 9.17) is 15.2 Å². The summed E-state index contributed by atoms with van der Waals surface area (Å²) in [4.78, 5) is 14.0. The van der Waals surface area contributed by atoms with Gasteiger partial charge in [-0.2, -0.15) is 0 Å². The third-order valence-corrected chi connectivity index (χ3v) is 4.13. The van der Waals surface area contributed by atoms with Crippen LogP contribution in [-0.4, -0.2) is 12.6 Å². The maximum Gasteiger partial charge on any atom is 0.309 e. The van der Waals surface area contributed by atoms with Crippen molar-refractivity contribution < 1.29 is 14.3 Å². The molecule has 0 spiro atoms. The number of hydrogen-bond acceptors (Lipinski definition) is 5. The molecule has 0 saturated heterocycles. The fourth-order valence-corrected chi connectivity index (χ4v) is 2.64. The van der Waals surface area contributed by atoms with Gasteiger partial charge >= 0.3 is 5.97 Å². The van der Waals surface area contributed by atoms with Gasteiger partial charge in [0.1, 0.15) is 12.4 Å². The van der Waals surface area contributed by atoms with E-state index >= 15 is 0 Å². The molecule has 1 aromatic heterocycles. The van der Waals surface area contributed by atoms with E-state index in [1.54, 1.807) is 23.5 Å². The van der Waals surface area contributed by atoms with Gasteiger partial charge in [-0.25, -0.2) is 0 Å². The summed E-state index contributed by atoms with van der Waals surface area (Å²) in [7, 11) is 0. The van der Waals surface area contributed by atoms with Gasteiger partial charge in [-0.15, -0.1) is 11.3 Å². The van der Waals surface area contributed by atoms with Crippen molar-refractivity contribution in [1.29, 1.82) is 0 Å². The molecule has 2 aromatic rings. The molecule has 0 unspecified atom stereocenters. The van der Waals surface area contributed by atoms with Crippen LogP contribution in [0, 0.1) is 0 Å². The second-order valence-electron chi connectivity index (χ2n) is 4.52. The Balaban J connectivity index is 1.69. The van der Waals surface area contributed by atoms with E-state index in [-0.39, 0.29) is 19.0 Å². The molecule has 1 heterocycles. The molecule has 0 aliphatic heterocycles. The summed E-state index contributed by atoms with van der Waals surface area (Å²) in [6, 6.07) is 11.3. The van der Waals surface area contributed by atoms with Crippen molar-refractivity contribution in [2.24, 2.45) is 0 Å². The lowest BCUT2D eigenvalue weighted by Gasteiger charge is -2.08. The zero-order chi connectivity index (χ0) is 15.1. The Morgan fingerprint density at radius 1 is 1.19 bits per heavy atom. The minimum absolute atomic E-state index is 0.209. The SMILES string of the molecule is CCc1ccc(COC(=O)CCOc2ccccc2N)s1. The number of anilines is 1. The molecule has 0 aliphatic carbocycles. The molecular formula is C16H19NO3S. The van der Waals surface area contributed by atoms with Crippen LogP contribution in [0.1, 0.15) is 23.1 Å². The Bertz CT molecular complexity index is 595. The van der Waals surface area contributed by atoms with Crippen LogP contribution < -0.4 is 10.5 Å². The molecule has 1 aromatic carbocycles. The fourth-order valence-electron chi connectivity index (χ4n) is 1.77. The highest BCUT2D eigenvalue weighted by Gasteiger charge is 2.06. The fraction of sp³-hybridized carbons (Fsp3) is 0.312. The molecule has 2 rings (SSSR count). The first-order chi connectivity index (χ1) is 10.2. The minimum atomic E-state index is -0.268. The van der Waals surface area contributed by atoms with Crippen LogP contribution in [0.2, 0.25) is 0 Å². The summed E-state index contributed by atoms with van der Waals surface area (Å²) < 4.78 is 10.7. The molecule has 4 nitrogen and oxygen atoms in total. The molecule has 0 radical (unpaired) electrons. The number of nitrogens with two attached hydrogens (primary N) is 1. The zero-order valence-corrected chi connectivity index (χ0v) is 12.8. The van der Waals surface area contributed by atoms with Crippen molar-refractivity contribution in [2.75, 3.05) is 12.3 Å². The third-order valence-electron chi connectivity index (χ3n) is 2.92. The van der Waals surface area contributed by atoms with Gasteiger partial charge in [-0.3, -0.25) is 4.79 Å². The molecule has 0 bridgehead atoms. The number of esters is 1. The van der Waals surface area contributed by atoms with Gasteiger partial charge < -0.3 is 15.2 Å². The largest absolute Gasteiger partial charge is 0.491 e. The second kappa shape index (κ2) is 7.69. The highest BCUT2D eigenvalue weighted by atomic mass is 32.1. The molecule has 0 saturated carbocycles. The number of thiophene rings is 1. The molecule has 0 atom stereocenters. The van der Waals surface area contributed by atoms with Gasteiger partial charge in [0.05, 0.1) is 18.7 Å². The maximum atomic E-state index is 11.6. The zero-order valence-electron chi connectivity index (χ0n) is 12.0. The van der Waals surface area contributed by atoms with Crippen molar-refractivity contribution >= 4 is 23.0 Å². The highest BCUT2D eigenvalue weighted by Crippen LogP contribution is 2.20. The van der Waals surface area contributed by atoms with Crippen LogP contribution in [-0.2, 0) is 22.6 Å². The van der Waals surface area contributed by atoms with Gasteiger partial charge in [0.15, 0.2) is 0 Å². The Morgan fingerprint density at radius 2 is 1.95 bits per heavy atom. The lowest BCUT2D eigenvalue weighted by molar-refractivity contribution is -0.145. The topological polar surface area (TPSA) is 61.5 Å². The minimum Gasteiger partial charge on any atom is -0.491 e.